The Morgan fingerprint density at radius 2 is 1.93 bits per heavy atom. The van der Waals surface area contributed by atoms with E-state index in [1.165, 1.54) is 12.1 Å². The summed E-state index contributed by atoms with van der Waals surface area (Å²) in [5.41, 5.74) is 0.198. The molecule has 2 aromatic carbocycles. The predicted molar refractivity (Wildman–Crippen MR) is 107 cm³/mol. The van der Waals surface area contributed by atoms with Gasteiger partial charge in [0.2, 0.25) is 0 Å². The number of oxime groups is 1. The maximum Gasteiger partial charge on any atom is 0.437 e. The van der Waals surface area contributed by atoms with E-state index in [0.29, 0.717) is 16.4 Å². The first-order valence-corrected chi connectivity index (χ1v) is 8.72. The number of anilines is 1. The van der Waals surface area contributed by atoms with Gasteiger partial charge in [0.1, 0.15) is 12.3 Å². The molecule has 0 aromatic heterocycles. The zero-order chi connectivity index (χ0) is 20.7. The van der Waals surface area contributed by atoms with Gasteiger partial charge < -0.3 is 4.74 Å². The summed E-state index contributed by atoms with van der Waals surface area (Å²) in [6, 6.07) is 12.6. The topological polar surface area (TPSA) is 103 Å². The van der Waals surface area contributed by atoms with Gasteiger partial charge in [-0.3, -0.25) is 20.3 Å². The summed E-state index contributed by atoms with van der Waals surface area (Å²) in [7, 11) is 0. The van der Waals surface area contributed by atoms with Gasteiger partial charge in [-0.2, -0.15) is 0 Å². The number of nitro benzene ring substituents is 1. The first-order valence-electron chi connectivity index (χ1n) is 8.34. The Labute approximate surface area is 167 Å². The highest BCUT2D eigenvalue weighted by Crippen LogP contribution is 2.27. The van der Waals surface area contributed by atoms with Crippen LogP contribution in [0.5, 0.6) is 5.75 Å². The molecule has 0 heterocycles. The van der Waals surface area contributed by atoms with Crippen LogP contribution in [0.3, 0.4) is 0 Å². The van der Waals surface area contributed by atoms with Gasteiger partial charge in [0.05, 0.1) is 4.92 Å². The average molecular weight is 406 g/mol. The summed E-state index contributed by atoms with van der Waals surface area (Å²) < 4.78 is 5.55. The van der Waals surface area contributed by atoms with Gasteiger partial charge in [0, 0.05) is 22.2 Å². The number of carbonyl (C=O) groups excluding carboxylic acids is 1. The SMILES string of the molecule is CC(C)(C)/C(COc1ccccc1[N+](=O)[O-])=N/OC(=O)Nc1cccc(Cl)c1. The molecule has 0 spiro atoms. The highest BCUT2D eigenvalue weighted by molar-refractivity contribution is 6.30. The summed E-state index contributed by atoms with van der Waals surface area (Å²) in [6.07, 6.45) is -0.797. The predicted octanol–water partition coefficient (Wildman–Crippen LogP) is 5.28. The summed E-state index contributed by atoms with van der Waals surface area (Å²) in [6.45, 7) is 5.48. The number of benzene rings is 2. The smallest absolute Gasteiger partial charge is 0.437 e. The number of amides is 1. The molecule has 148 valence electrons. The molecule has 2 rings (SSSR count). The van der Waals surface area contributed by atoms with E-state index in [1.807, 2.05) is 20.8 Å². The highest BCUT2D eigenvalue weighted by atomic mass is 35.5. The number of rotatable bonds is 6. The van der Waals surface area contributed by atoms with Crippen molar-refractivity contribution in [1.82, 2.24) is 0 Å². The van der Waals surface area contributed by atoms with Crippen molar-refractivity contribution in [2.24, 2.45) is 10.6 Å². The highest BCUT2D eigenvalue weighted by Gasteiger charge is 2.23. The molecule has 0 aliphatic heterocycles. The van der Waals surface area contributed by atoms with Crippen LogP contribution in [0.15, 0.2) is 53.7 Å². The summed E-state index contributed by atoms with van der Waals surface area (Å²) in [4.78, 5) is 27.4. The van der Waals surface area contributed by atoms with Gasteiger partial charge in [0.15, 0.2) is 5.75 Å². The van der Waals surface area contributed by atoms with E-state index in [0.717, 1.165) is 0 Å². The number of hydrogen-bond donors (Lipinski definition) is 1. The van der Waals surface area contributed by atoms with E-state index in [4.69, 9.17) is 21.2 Å². The van der Waals surface area contributed by atoms with Crippen LogP contribution in [0.4, 0.5) is 16.2 Å². The molecule has 8 nitrogen and oxygen atoms in total. The quantitative estimate of drug-likeness (QED) is 0.305. The molecule has 0 saturated carbocycles. The molecule has 1 N–H and O–H groups in total. The Kier molecular flexibility index (Phi) is 6.94. The molecule has 0 saturated heterocycles. The van der Waals surface area contributed by atoms with Gasteiger partial charge in [0.25, 0.3) is 0 Å². The van der Waals surface area contributed by atoms with Crippen molar-refractivity contribution in [2.75, 3.05) is 11.9 Å². The number of para-hydroxylation sites is 2. The fraction of sp³-hybridized carbons (Fsp3) is 0.263. The molecular formula is C19H20ClN3O5. The first-order chi connectivity index (χ1) is 13.2. The second kappa shape index (κ2) is 9.18. The second-order valence-corrected chi connectivity index (χ2v) is 7.25. The van der Waals surface area contributed by atoms with E-state index in [2.05, 4.69) is 10.5 Å². The first kappa shape index (κ1) is 21.2. The minimum atomic E-state index is -0.797. The Morgan fingerprint density at radius 3 is 2.57 bits per heavy atom. The number of hydrogen-bond acceptors (Lipinski definition) is 6. The fourth-order valence-corrected chi connectivity index (χ4v) is 2.25. The lowest BCUT2D eigenvalue weighted by molar-refractivity contribution is -0.385. The normalized spacial score (nSPS) is 11.6. The van der Waals surface area contributed by atoms with Crippen molar-refractivity contribution >= 4 is 34.8 Å². The number of nitrogens with zero attached hydrogens (tertiary/aromatic N) is 2. The molecule has 0 bridgehead atoms. The number of nitrogens with one attached hydrogen (secondary N) is 1. The third kappa shape index (κ3) is 6.24. The molecule has 0 radical (unpaired) electrons. The van der Waals surface area contributed by atoms with Gasteiger partial charge in [-0.05, 0) is 24.3 Å². The van der Waals surface area contributed by atoms with Gasteiger partial charge in [-0.15, -0.1) is 0 Å². The molecule has 2 aromatic rings. The fourth-order valence-electron chi connectivity index (χ4n) is 2.06. The van der Waals surface area contributed by atoms with Crippen LogP contribution in [0.2, 0.25) is 5.02 Å². The standard InChI is InChI=1S/C19H20ClN3O5/c1-19(2,3)17(12-27-16-10-5-4-9-15(16)23(25)26)22-28-18(24)21-14-8-6-7-13(20)11-14/h4-11H,12H2,1-3H3,(H,21,24)/b22-17+. The third-order valence-corrected chi connectivity index (χ3v) is 3.84. The zero-order valence-electron chi connectivity index (χ0n) is 15.6. The van der Waals surface area contributed by atoms with E-state index in [1.54, 1.807) is 36.4 Å². The van der Waals surface area contributed by atoms with Crippen LogP contribution in [0.25, 0.3) is 0 Å². The molecule has 9 heteroatoms. The minimum Gasteiger partial charge on any atom is -0.480 e. The van der Waals surface area contributed by atoms with Crippen LogP contribution in [0, 0.1) is 15.5 Å². The third-order valence-electron chi connectivity index (χ3n) is 3.60. The monoisotopic (exact) mass is 405 g/mol. The summed E-state index contributed by atoms with van der Waals surface area (Å²) >= 11 is 5.87. The van der Waals surface area contributed by atoms with Crippen molar-refractivity contribution in [3.8, 4) is 5.75 Å². The van der Waals surface area contributed by atoms with Gasteiger partial charge in [-0.25, -0.2) is 4.79 Å². The molecule has 0 fully saturated rings. The number of halogens is 1. The summed E-state index contributed by atoms with van der Waals surface area (Å²) in [5.74, 6) is 0.104. The Morgan fingerprint density at radius 1 is 1.21 bits per heavy atom. The number of ether oxygens (including phenoxy) is 1. The van der Waals surface area contributed by atoms with Crippen LogP contribution < -0.4 is 10.1 Å². The molecule has 1 amide bonds. The van der Waals surface area contributed by atoms with Gasteiger partial charge in [-0.1, -0.05) is 55.7 Å². The van der Waals surface area contributed by atoms with Crippen LogP contribution >= 0.6 is 11.6 Å². The Hall–Kier alpha value is -3.13. The van der Waals surface area contributed by atoms with Crippen molar-refractivity contribution in [1.29, 1.82) is 0 Å². The van der Waals surface area contributed by atoms with Crippen molar-refractivity contribution in [2.45, 2.75) is 20.8 Å². The molecule has 0 unspecified atom stereocenters. The molecular weight excluding hydrogens is 386 g/mol. The molecule has 0 atom stereocenters. The lowest BCUT2D eigenvalue weighted by Crippen LogP contribution is -2.28. The van der Waals surface area contributed by atoms with Crippen molar-refractivity contribution in [3.63, 3.8) is 0 Å². The van der Waals surface area contributed by atoms with Crippen LogP contribution in [0.1, 0.15) is 20.8 Å². The number of nitro groups is 1. The van der Waals surface area contributed by atoms with Gasteiger partial charge >= 0.3 is 11.8 Å². The lowest BCUT2D eigenvalue weighted by Gasteiger charge is -2.20. The zero-order valence-corrected chi connectivity index (χ0v) is 16.4. The van der Waals surface area contributed by atoms with E-state index >= 15 is 0 Å². The maximum atomic E-state index is 12.0. The summed E-state index contributed by atoms with van der Waals surface area (Å²) in [5, 5.41) is 17.9. The van der Waals surface area contributed by atoms with E-state index in [-0.39, 0.29) is 18.0 Å². The van der Waals surface area contributed by atoms with E-state index < -0.39 is 16.4 Å². The minimum absolute atomic E-state index is 0.0845. The number of carbonyl (C=O) groups is 1. The largest absolute Gasteiger partial charge is 0.480 e. The van der Waals surface area contributed by atoms with Crippen LogP contribution in [-0.4, -0.2) is 23.3 Å². The Bertz CT molecular complexity index is 893. The molecule has 0 aliphatic carbocycles. The maximum absolute atomic E-state index is 12.0. The Balaban J connectivity index is 2.07. The van der Waals surface area contributed by atoms with Crippen LogP contribution in [-0.2, 0) is 4.84 Å². The molecule has 0 aliphatic rings. The van der Waals surface area contributed by atoms with Crippen molar-refractivity contribution < 1.29 is 19.3 Å². The van der Waals surface area contributed by atoms with Crippen molar-refractivity contribution in [3.05, 3.63) is 63.7 Å². The van der Waals surface area contributed by atoms with E-state index in [9.17, 15) is 14.9 Å². The average Bonchev–Trinajstić information content (AvgIpc) is 2.60. The second-order valence-electron chi connectivity index (χ2n) is 6.82. The lowest BCUT2D eigenvalue weighted by atomic mass is 9.90. The molecule has 28 heavy (non-hydrogen) atoms.